The van der Waals surface area contributed by atoms with Crippen molar-refractivity contribution in [3.05, 3.63) is 0 Å². The van der Waals surface area contributed by atoms with Crippen molar-refractivity contribution >= 4 is 17.6 Å². The zero-order valence-corrected chi connectivity index (χ0v) is 19.1. The van der Waals surface area contributed by atoms with E-state index in [0.717, 1.165) is 7.11 Å². The molecule has 0 rings (SSSR count). The molecule has 0 saturated heterocycles. The van der Waals surface area contributed by atoms with Gasteiger partial charge in [-0.3, -0.25) is 0 Å². The summed E-state index contributed by atoms with van der Waals surface area (Å²) >= 11 is -1.27. The first-order valence-electron chi connectivity index (χ1n) is 5.38. The molecule has 0 unspecified atom stereocenters. The van der Waals surface area contributed by atoms with E-state index in [1.54, 1.807) is 42.7 Å². The second-order valence-corrected chi connectivity index (χ2v) is 24.0. The average Bonchev–Trinajstić information content (AvgIpc) is 2.41. The van der Waals surface area contributed by atoms with Crippen LogP contribution in [0.4, 0.5) is 0 Å². The zero-order chi connectivity index (χ0) is 13.4. The van der Waals surface area contributed by atoms with Crippen LogP contribution in [0.3, 0.4) is 0 Å². The molecule has 0 fully saturated rings. The van der Waals surface area contributed by atoms with E-state index in [-0.39, 0.29) is 0 Å². The van der Waals surface area contributed by atoms with Crippen LogP contribution >= 0.6 is 0 Å². The van der Waals surface area contributed by atoms with Gasteiger partial charge in [-0.15, -0.1) is 0 Å². The second kappa shape index (κ2) is 9.10. The molecule has 6 nitrogen and oxygen atoms in total. The maximum absolute atomic E-state index is 5.39. The summed E-state index contributed by atoms with van der Waals surface area (Å²) in [7, 11) is 5.04. The van der Waals surface area contributed by atoms with E-state index in [2.05, 4.69) is 0 Å². The molecule has 0 saturated carbocycles. The topological polar surface area (TPSA) is 55.4 Å². The Bertz CT molecular complexity index is 164. The fourth-order valence-corrected chi connectivity index (χ4v) is 36.0. The van der Waals surface area contributed by atoms with Crippen LogP contribution in [0.2, 0.25) is 7.11 Å². The quantitative estimate of drug-likeness (QED) is 0.439. The summed E-state index contributed by atoms with van der Waals surface area (Å²) in [5.41, 5.74) is 0. The Kier molecular flexibility index (Phi) is 9.70. The van der Waals surface area contributed by atoms with Crippen LogP contribution in [0.5, 0.6) is 0 Å². The van der Waals surface area contributed by atoms with E-state index < -0.39 is 42.2 Å². The van der Waals surface area contributed by atoms with Gasteiger partial charge in [0.2, 0.25) is 0 Å². The fraction of sp³-hybridized carbons (Fsp3) is 1.00. The predicted octanol–water partition coefficient (Wildman–Crippen LogP) is 0.740. The summed E-state index contributed by atoms with van der Waals surface area (Å²) in [5, 5.41) is 0. The molecule has 0 aromatic carbocycles. The van der Waals surface area contributed by atoms with E-state index >= 15 is 0 Å². The molecule has 0 aromatic heterocycles. The van der Waals surface area contributed by atoms with E-state index in [9.17, 15) is 0 Å². The molecule has 0 radical (unpaired) electrons. The summed E-state index contributed by atoms with van der Waals surface area (Å²) in [6, 6.07) is 0. The first-order valence-corrected chi connectivity index (χ1v) is 17.0. The SMILES string of the molecule is CO[Si]([CH2][Hg][CH2][Si](OC)(OC)OC)(OC)OC. The van der Waals surface area contributed by atoms with Crippen molar-refractivity contribution in [1.82, 2.24) is 0 Å². The Morgan fingerprint density at radius 2 is 0.824 bits per heavy atom. The van der Waals surface area contributed by atoms with Gasteiger partial charge in [-0.25, -0.2) is 0 Å². The first kappa shape index (κ1) is 18.1. The van der Waals surface area contributed by atoms with Gasteiger partial charge in [0.15, 0.2) is 0 Å². The molecule has 0 heterocycles. The third-order valence-corrected chi connectivity index (χ3v) is 31.0. The zero-order valence-electron chi connectivity index (χ0n) is 11.6. The molecule has 0 spiro atoms. The first-order chi connectivity index (χ1) is 8.07. The Morgan fingerprint density at radius 3 is 1.00 bits per heavy atom. The molecule has 17 heavy (non-hydrogen) atoms. The molecule has 0 aliphatic rings. The predicted molar refractivity (Wildman–Crippen MR) is 63.2 cm³/mol. The number of hydrogen-bond acceptors (Lipinski definition) is 6. The Labute approximate surface area is 118 Å². The van der Waals surface area contributed by atoms with Crippen LogP contribution in [0.15, 0.2) is 0 Å². The fourth-order valence-electron chi connectivity index (χ4n) is 1.63. The molecular formula is C8H22HgO6Si2. The van der Waals surface area contributed by atoms with Crippen molar-refractivity contribution in [3.63, 3.8) is 0 Å². The van der Waals surface area contributed by atoms with Gasteiger partial charge < -0.3 is 0 Å². The number of rotatable bonds is 10. The van der Waals surface area contributed by atoms with Gasteiger partial charge in [-0.1, -0.05) is 0 Å². The van der Waals surface area contributed by atoms with Crippen LogP contribution in [0.1, 0.15) is 0 Å². The Hall–Kier alpha value is 1.13. The third-order valence-electron chi connectivity index (χ3n) is 2.83. The maximum atomic E-state index is 5.39. The molecular weight excluding hydrogens is 449 g/mol. The van der Waals surface area contributed by atoms with Gasteiger partial charge in [0.1, 0.15) is 0 Å². The van der Waals surface area contributed by atoms with Crippen LogP contribution in [-0.4, -0.2) is 60.3 Å². The Morgan fingerprint density at radius 1 is 0.588 bits per heavy atom. The monoisotopic (exact) mass is 472 g/mol. The van der Waals surface area contributed by atoms with Crippen molar-refractivity contribution in [2.75, 3.05) is 42.7 Å². The van der Waals surface area contributed by atoms with E-state index in [0.29, 0.717) is 0 Å². The average molecular weight is 471 g/mol. The normalized spacial score (nSPS) is 12.6. The molecule has 0 aliphatic carbocycles. The summed E-state index contributed by atoms with van der Waals surface area (Å²) < 4.78 is 34.2. The molecule has 0 bridgehead atoms. The van der Waals surface area contributed by atoms with E-state index in [1.165, 1.54) is 0 Å². The minimum atomic E-state index is -2.40. The van der Waals surface area contributed by atoms with Gasteiger partial charge >= 0.3 is 119 Å². The van der Waals surface area contributed by atoms with Gasteiger partial charge in [0.25, 0.3) is 0 Å². The van der Waals surface area contributed by atoms with Crippen molar-refractivity contribution < 1.29 is 51.1 Å². The Balaban J connectivity index is 4.28. The van der Waals surface area contributed by atoms with E-state index in [1.807, 2.05) is 0 Å². The molecule has 0 atom stereocenters. The third kappa shape index (κ3) is 5.33. The summed E-state index contributed by atoms with van der Waals surface area (Å²) in [5.74, 6) is 0. The van der Waals surface area contributed by atoms with Gasteiger partial charge in [0, 0.05) is 0 Å². The second-order valence-electron chi connectivity index (χ2n) is 3.44. The molecule has 0 aliphatic heterocycles. The molecule has 100 valence electrons. The molecule has 0 N–H and O–H groups in total. The van der Waals surface area contributed by atoms with E-state index in [4.69, 9.17) is 26.6 Å². The van der Waals surface area contributed by atoms with Crippen LogP contribution in [0.25, 0.3) is 0 Å². The van der Waals surface area contributed by atoms with Crippen molar-refractivity contribution in [1.29, 1.82) is 0 Å². The van der Waals surface area contributed by atoms with Crippen molar-refractivity contribution in [2.24, 2.45) is 0 Å². The summed E-state index contributed by atoms with van der Waals surface area (Å²) in [6.45, 7) is 0. The van der Waals surface area contributed by atoms with Gasteiger partial charge in [-0.2, -0.15) is 0 Å². The van der Waals surface area contributed by atoms with Crippen LogP contribution < -0.4 is 0 Å². The van der Waals surface area contributed by atoms with Crippen LogP contribution in [-0.2, 0) is 51.1 Å². The summed E-state index contributed by atoms with van der Waals surface area (Å²) in [6.07, 6.45) is 0. The molecule has 9 heteroatoms. The number of hydrogen-bond donors (Lipinski definition) is 0. The summed E-state index contributed by atoms with van der Waals surface area (Å²) in [4.78, 5) is 0. The molecule has 0 amide bonds. The molecule has 0 aromatic rings. The minimum absolute atomic E-state index is 0.932. The van der Waals surface area contributed by atoms with Crippen molar-refractivity contribution in [2.45, 2.75) is 7.11 Å². The van der Waals surface area contributed by atoms with Gasteiger partial charge in [-0.05, 0) is 0 Å². The van der Waals surface area contributed by atoms with Crippen LogP contribution in [0, 0.1) is 0 Å². The van der Waals surface area contributed by atoms with Crippen molar-refractivity contribution in [3.8, 4) is 0 Å². The standard InChI is InChI=1S/2C4H11O3Si.Hg/c2*1-5-8(4,6-2)7-3;/h2*4H2,1-3H3;. The van der Waals surface area contributed by atoms with Gasteiger partial charge in [0.05, 0.1) is 0 Å².